The molecule has 0 radical (unpaired) electrons. The molecule has 32 heavy (non-hydrogen) atoms. The number of nitrogens with zero attached hydrogens (tertiary/aromatic N) is 2. The van der Waals surface area contributed by atoms with Crippen molar-refractivity contribution in [3.63, 3.8) is 0 Å². The molecule has 5 nitrogen and oxygen atoms in total. The van der Waals surface area contributed by atoms with Gasteiger partial charge in [0.15, 0.2) is 5.13 Å². The van der Waals surface area contributed by atoms with E-state index in [1.807, 2.05) is 60.0 Å². The van der Waals surface area contributed by atoms with Gasteiger partial charge < -0.3 is 15.6 Å². The molecule has 0 unspecified atom stereocenters. The summed E-state index contributed by atoms with van der Waals surface area (Å²) in [4.78, 5) is 8.85. The number of nitrogen functional groups attached to an aromatic ring is 1. The van der Waals surface area contributed by atoms with Crippen LogP contribution in [0.3, 0.4) is 0 Å². The number of aromatic hydroxyl groups is 1. The van der Waals surface area contributed by atoms with Crippen molar-refractivity contribution in [2.75, 3.05) is 12.8 Å². The van der Waals surface area contributed by atoms with E-state index in [0.717, 1.165) is 27.9 Å². The Morgan fingerprint density at radius 3 is 2.47 bits per heavy atom. The first-order valence-corrected chi connectivity index (χ1v) is 11.1. The molecule has 0 aliphatic rings. The van der Waals surface area contributed by atoms with Crippen LogP contribution in [0.2, 0.25) is 5.02 Å². The fraction of sp³-hybridized carbons (Fsp3) is 0.0400. The van der Waals surface area contributed by atoms with Crippen LogP contribution >= 0.6 is 22.9 Å². The van der Waals surface area contributed by atoms with Crippen molar-refractivity contribution in [1.29, 1.82) is 0 Å². The molecule has 7 heteroatoms. The summed E-state index contributed by atoms with van der Waals surface area (Å²) >= 11 is 7.99. The molecule has 0 spiro atoms. The highest BCUT2D eigenvalue weighted by molar-refractivity contribution is 7.13. The van der Waals surface area contributed by atoms with Crippen LogP contribution in [-0.4, -0.2) is 22.2 Å². The molecule has 0 fully saturated rings. The Balaban J connectivity index is 1.59. The van der Waals surface area contributed by atoms with Crippen molar-refractivity contribution in [2.24, 2.45) is 0 Å². The lowest BCUT2D eigenvalue weighted by Gasteiger charge is -2.12. The predicted molar refractivity (Wildman–Crippen MR) is 131 cm³/mol. The Morgan fingerprint density at radius 1 is 0.969 bits per heavy atom. The Labute approximate surface area is 193 Å². The maximum Gasteiger partial charge on any atom is 0.180 e. The normalized spacial score (nSPS) is 11.1. The number of thiazole rings is 1. The van der Waals surface area contributed by atoms with Gasteiger partial charge in [-0.15, -0.1) is 11.3 Å². The minimum Gasteiger partial charge on any atom is -0.507 e. The summed E-state index contributed by atoms with van der Waals surface area (Å²) in [5.74, 6) is 0.858. The second kappa shape index (κ2) is 8.15. The minimum absolute atomic E-state index is 0.149. The lowest BCUT2D eigenvalue weighted by atomic mass is 9.98. The summed E-state index contributed by atoms with van der Waals surface area (Å²) in [5, 5.41) is 14.7. The second-order valence-corrected chi connectivity index (χ2v) is 8.55. The molecule has 158 valence electrons. The van der Waals surface area contributed by atoms with Crippen LogP contribution in [0.25, 0.3) is 44.4 Å². The van der Waals surface area contributed by atoms with Gasteiger partial charge in [0, 0.05) is 33.7 Å². The van der Waals surface area contributed by atoms with Gasteiger partial charge >= 0.3 is 0 Å². The zero-order chi connectivity index (χ0) is 22.2. The molecular formula is C25H18ClN3O2S. The summed E-state index contributed by atoms with van der Waals surface area (Å²) in [6.07, 6.45) is 1.65. The zero-order valence-electron chi connectivity index (χ0n) is 17.0. The average molecular weight is 460 g/mol. The van der Waals surface area contributed by atoms with E-state index in [4.69, 9.17) is 22.1 Å². The first-order valence-electron chi connectivity index (χ1n) is 9.81. The van der Waals surface area contributed by atoms with E-state index in [0.29, 0.717) is 32.4 Å². The molecule has 0 amide bonds. The van der Waals surface area contributed by atoms with E-state index in [1.165, 1.54) is 11.3 Å². The molecule has 0 aliphatic heterocycles. The van der Waals surface area contributed by atoms with Crippen LogP contribution in [0, 0.1) is 0 Å². The molecule has 0 atom stereocenters. The summed E-state index contributed by atoms with van der Waals surface area (Å²) < 4.78 is 5.31. The average Bonchev–Trinajstić information content (AvgIpc) is 3.25. The molecular weight excluding hydrogens is 442 g/mol. The Morgan fingerprint density at radius 2 is 1.75 bits per heavy atom. The van der Waals surface area contributed by atoms with Gasteiger partial charge in [-0.1, -0.05) is 48.0 Å². The summed E-state index contributed by atoms with van der Waals surface area (Å²) in [6.45, 7) is 0. The van der Waals surface area contributed by atoms with Crippen molar-refractivity contribution < 1.29 is 9.84 Å². The van der Waals surface area contributed by atoms with E-state index >= 15 is 0 Å². The van der Waals surface area contributed by atoms with Crippen LogP contribution in [0.1, 0.15) is 0 Å². The summed E-state index contributed by atoms with van der Waals surface area (Å²) in [7, 11) is 1.61. The number of rotatable bonds is 4. The van der Waals surface area contributed by atoms with Gasteiger partial charge in [0.1, 0.15) is 11.5 Å². The topological polar surface area (TPSA) is 81.3 Å². The molecule has 3 aromatic carbocycles. The molecule has 0 saturated heterocycles. The number of pyridine rings is 1. The Hall–Kier alpha value is -3.61. The maximum atomic E-state index is 11.1. The van der Waals surface area contributed by atoms with E-state index < -0.39 is 0 Å². The lowest BCUT2D eigenvalue weighted by Crippen LogP contribution is -1.89. The highest BCUT2D eigenvalue weighted by Crippen LogP contribution is 2.40. The summed E-state index contributed by atoms with van der Waals surface area (Å²) in [5.41, 5.74) is 11.4. The second-order valence-electron chi connectivity index (χ2n) is 7.25. The van der Waals surface area contributed by atoms with Crippen LogP contribution in [0.4, 0.5) is 5.13 Å². The number of aromatic nitrogens is 2. The monoisotopic (exact) mass is 459 g/mol. The highest BCUT2D eigenvalue weighted by Gasteiger charge is 2.14. The SMILES string of the molecule is COc1cccc(-c2cnc3cc(Cl)c(-c4ccc(-c5csc(N)n5)cc4)cc3c2O)c1. The quantitative estimate of drug-likeness (QED) is 0.314. The fourth-order valence-electron chi connectivity index (χ4n) is 3.66. The number of methoxy groups -OCH3 is 1. The van der Waals surface area contributed by atoms with Gasteiger partial charge in [-0.05, 0) is 35.4 Å². The molecule has 3 N–H and O–H groups in total. The maximum absolute atomic E-state index is 11.1. The molecule has 5 rings (SSSR count). The number of benzene rings is 3. The molecule has 0 aliphatic carbocycles. The standard InChI is InChI=1S/C25H18ClN3O2S/c1-31-17-4-2-3-16(9-17)20-12-28-22-11-21(26)18(10-19(22)24(20)30)14-5-7-15(8-6-14)23-13-32-25(27)29-23/h2-13H,1H3,(H2,27,29)(H,28,30). The summed E-state index contributed by atoms with van der Waals surface area (Å²) in [6, 6.07) is 19.1. The number of halogens is 1. The first-order chi connectivity index (χ1) is 15.5. The number of fused-ring (bicyclic) bond motifs is 1. The van der Waals surface area contributed by atoms with Crippen molar-refractivity contribution in [3.8, 4) is 45.0 Å². The van der Waals surface area contributed by atoms with Crippen molar-refractivity contribution in [3.05, 3.63) is 77.3 Å². The van der Waals surface area contributed by atoms with Crippen LogP contribution < -0.4 is 10.5 Å². The Bertz CT molecular complexity index is 1450. The third-order valence-corrected chi connectivity index (χ3v) is 6.31. The minimum atomic E-state index is 0.149. The third-order valence-electron chi connectivity index (χ3n) is 5.32. The number of nitrogens with two attached hydrogens (primary N) is 1. The molecule has 2 aromatic heterocycles. The van der Waals surface area contributed by atoms with Crippen LogP contribution in [0.15, 0.2) is 72.2 Å². The van der Waals surface area contributed by atoms with Crippen LogP contribution in [0.5, 0.6) is 11.5 Å². The smallest absolute Gasteiger partial charge is 0.180 e. The van der Waals surface area contributed by atoms with Gasteiger partial charge in [-0.25, -0.2) is 4.98 Å². The lowest BCUT2D eigenvalue weighted by molar-refractivity contribution is 0.415. The van der Waals surface area contributed by atoms with Crippen molar-refractivity contribution in [2.45, 2.75) is 0 Å². The van der Waals surface area contributed by atoms with Gasteiger partial charge in [0.25, 0.3) is 0 Å². The van der Waals surface area contributed by atoms with Crippen LogP contribution in [-0.2, 0) is 0 Å². The van der Waals surface area contributed by atoms with Gasteiger partial charge in [-0.2, -0.15) is 0 Å². The Kier molecular flexibility index (Phi) is 5.17. The predicted octanol–water partition coefficient (Wildman–Crippen LogP) is 6.64. The molecule has 0 bridgehead atoms. The molecule has 0 saturated carbocycles. The highest BCUT2D eigenvalue weighted by atomic mass is 35.5. The number of hydrogen-bond acceptors (Lipinski definition) is 6. The van der Waals surface area contributed by atoms with Gasteiger partial charge in [-0.3, -0.25) is 4.98 Å². The third kappa shape index (κ3) is 3.64. The van der Waals surface area contributed by atoms with Crippen molar-refractivity contribution in [1.82, 2.24) is 9.97 Å². The van der Waals surface area contributed by atoms with E-state index in [2.05, 4.69) is 9.97 Å². The molecule has 2 heterocycles. The van der Waals surface area contributed by atoms with E-state index in [-0.39, 0.29) is 5.75 Å². The largest absolute Gasteiger partial charge is 0.507 e. The molecule has 5 aromatic rings. The van der Waals surface area contributed by atoms with Gasteiger partial charge in [0.05, 0.1) is 23.3 Å². The zero-order valence-corrected chi connectivity index (χ0v) is 18.6. The van der Waals surface area contributed by atoms with E-state index in [1.54, 1.807) is 19.4 Å². The number of anilines is 1. The van der Waals surface area contributed by atoms with Gasteiger partial charge in [0.2, 0.25) is 0 Å². The van der Waals surface area contributed by atoms with E-state index in [9.17, 15) is 5.11 Å². The fourth-order valence-corrected chi connectivity index (χ4v) is 4.50. The number of ether oxygens (including phenoxy) is 1. The first kappa shape index (κ1) is 20.3. The van der Waals surface area contributed by atoms with Crippen molar-refractivity contribution >= 4 is 39.0 Å². The number of hydrogen-bond donors (Lipinski definition) is 2.